The van der Waals surface area contributed by atoms with Crippen LogP contribution in [0, 0.1) is 23.6 Å². The van der Waals surface area contributed by atoms with Crippen molar-refractivity contribution < 1.29 is 4.39 Å². The second-order valence-electron chi connectivity index (χ2n) is 8.62. The number of halogens is 1. The summed E-state index contributed by atoms with van der Waals surface area (Å²) in [6.45, 7) is 6.80. The second-order valence-corrected chi connectivity index (χ2v) is 8.62. The van der Waals surface area contributed by atoms with E-state index in [2.05, 4.69) is 39.0 Å². The van der Waals surface area contributed by atoms with E-state index in [9.17, 15) is 4.39 Å². The molecule has 0 amide bonds. The van der Waals surface area contributed by atoms with Gasteiger partial charge < -0.3 is 0 Å². The minimum atomic E-state index is -0.0874. The zero-order valence-electron chi connectivity index (χ0n) is 17.3. The van der Waals surface area contributed by atoms with E-state index in [1.165, 1.54) is 44.1 Å². The van der Waals surface area contributed by atoms with Crippen molar-refractivity contribution in [1.29, 1.82) is 0 Å². The molecule has 0 radical (unpaired) electrons. The van der Waals surface area contributed by atoms with Crippen LogP contribution in [-0.2, 0) is 12.8 Å². The molecule has 2 aromatic rings. The maximum absolute atomic E-state index is 14.7. The Kier molecular flexibility index (Phi) is 7.10. The molecule has 0 saturated heterocycles. The highest BCUT2D eigenvalue weighted by molar-refractivity contribution is 5.64. The molecule has 3 rings (SSSR count). The van der Waals surface area contributed by atoms with Crippen LogP contribution >= 0.6 is 0 Å². The first kappa shape index (κ1) is 20.1. The summed E-state index contributed by atoms with van der Waals surface area (Å²) in [7, 11) is 0. The van der Waals surface area contributed by atoms with Gasteiger partial charge in [0.15, 0.2) is 0 Å². The lowest BCUT2D eigenvalue weighted by molar-refractivity contribution is 0.206. The van der Waals surface area contributed by atoms with Crippen molar-refractivity contribution in [3.05, 3.63) is 59.4 Å². The van der Waals surface area contributed by atoms with Crippen molar-refractivity contribution in [2.24, 2.45) is 17.8 Å². The Hall–Kier alpha value is -1.63. The van der Waals surface area contributed by atoms with Gasteiger partial charge in [0.1, 0.15) is 5.82 Å². The predicted molar refractivity (Wildman–Crippen MR) is 114 cm³/mol. The van der Waals surface area contributed by atoms with Gasteiger partial charge in [-0.15, -0.1) is 0 Å². The van der Waals surface area contributed by atoms with E-state index in [1.54, 1.807) is 6.07 Å². The van der Waals surface area contributed by atoms with Crippen molar-refractivity contribution in [3.63, 3.8) is 0 Å². The minimum absolute atomic E-state index is 0.0874. The van der Waals surface area contributed by atoms with Gasteiger partial charge in [0, 0.05) is 5.56 Å². The molecule has 1 fully saturated rings. The van der Waals surface area contributed by atoms with E-state index >= 15 is 0 Å². The summed E-state index contributed by atoms with van der Waals surface area (Å²) in [6, 6.07) is 14.1. The summed E-state index contributed by atoms with van der Waals surface area (Å²) >= 11 is 0. The number of aryl methyl sites for hydroxylation is 1. The number of rotatable bonds is 7. The molecule has 1 aliphatic carbocycles. The Morgan fingerprint density at radius 3 is 2.19 bits per heavy atom. The Morgan fingerprint density at radius 2 is 1.59 bits per heavy atom. The van der Waals surface area contributed by atoms with Crippen LogP contribution in [0.25, 0.3) is 11.1 Å². The molecule has 1 saturated carbocycles. The first-order valence-electron chi connectivity index (χ1n) is 11.0. The maximum Gasteiger partial charge on any atom is 0.131 e. The molecule has 27 heavy (non-hydrogen) atoms. The van der Waals surface area contributed by atoms with Crippen molar-refractivity contribution >= 4 is 0 Å². The van der Waals surface area contributed by atoms with Gasteiger partial charge in [0.2, 0.25) is 0 Å². The van der Waals surface area contributed by atoms with Gasteiger partial charge in [0.25, 0.3) is 0 Å². The van der Waals surface area contributed by atoms with Crippen molar-refractivity contribution in [1.82, 2.24) is 0 Å². The van der Waals surface area contributed by atoms with E-state index in [0.29, 0.717) is 11.5 Å². The van der Waals surface area contributed by atoms with Crippen LogP contribution < -0.4 is 0 Å². The standard InChI is InChI=1S/C26H35F/c1-4-6-21-9-12-23(13-10-21)19(3)17-22-11-16-25(26(27)18-22)24-14-7-20(5-2)8-15-24/h7-8,11,14-16,18-19,21,23H,4-6,9-10,12-13,17H2,1-3H3. The molecule has 0 heterocycles. The molecule has 1 atom stereocenters. The summed E-state index contributed by atoms with van der Waals surface area (Å²) in [6.07, 6.45) is 10.2. The lowest BCUT2D eigenvalue weighted by Crippen LogP contribution is -2.21. The van der Waals surface area contributed by atoms with Gasteiger partial charge >= 0.3 is 0 Å². The Morgan fingerprint density at radius 1 is 0.926 bits per heavy atom. The molecule has 2 aromatic carbocycles. The van der Waals surface area contributed by atoms with Crippen LogP contribution in [0.2, 0.25) is 0 Å². The highest BCUT2D eigenvalue weighted by Crippen LogP contribution is 2.36. The van der Waals surface area contributed by atoms with E-state index in [0.717, 1.165) is 35.8 Å². The summed E-state index contributed by atoms with van der Waals surface area (Å²) < 4.78 is 14.7. The van der Waals surface area contributed by atoms with Crippen molar-refractivity contribution in [2.75, 3.05) is 0 Å². The van der Waals surface area contributed by atoms with E-state index in [4.69, 9.17) is 0 Å². The van der Waals surface area contributed by atoms with Gasteiger partial charge in [-0.25, -0.2) is 4.39 Å². The van der Waals surface area contributed by atoms with E-state index in [1.807, 2.05) is 18.2 Å². The third-order valence-corrected chi connectivity index (χ3v) is 6.66. The monoisotopic (exact) mass is 366 g/mol. The smallest absolute Gasteiger partial charge is 0.131 e. The Balaban J connectivity index is 1.61. The summed E-state index contributed by atoms with van der Waals surface area (Å²) in [5.41, 5.74) is 4.12. The number of hydrogen-bond donors (Lipinski definition) is 0. The van der Waals surface area contributed by atoms with Gasteiger partial charge in [-0.3, -0.25) is 0 Å². The van der Waals surface area contributed by atoms with E-state index < -0.39 is 0 Å². The van der Waals surface area contributed by atoms with Gasteiger partial charge in [-0.1, -0.05) is 82.9 Å². The average molecular weight is 367 g/mol. The topological polar surface area (TPSA) is 0 Å². The van der Waals surface area contributed by atoms with E-state index in [-0.39, 0.29) is 5.82 Å². The second kappa shape index (κ2) is 9.53. The summed E-state index contributed by atoms with van der Waals surface area (Å²) in [5, 5.41) is 0. The minimum Gasteiger partial charge on any atom is -0.206 e. The van der Waals surface area contributed by atoms with Crippen LogP contribution in [0.4, 0.5) is 4.39 Å². The molecule has 1 heteroatoms. The lowest BCUT2D eigenvalue weighted by atomic mass is 9.73. The largest absolute Gasteiger partial charge is 0.206 e. The van der Waals surface area contributed by atoms with Crippen LogP contribution in [0.5, 0.6) is 0 Å². The van der Waals surface area contributed by atoms with Crippen LogP contribution in [0.1, 0.15) is 70.4 Å². The maximum atomic E-state index is 14.7. The SMILES string of the molecule is CCCC1CCC(C(C)Cc2ccc(-c3ccc(CC)cc3)c(F)c2)CC1. The van der Waals surface area contributed by atoms with Crippen molar-refractivity contribution in [2.45, 2.75) is 72.1 Å². The highest BCUT2D eigenvalue weighted by atomic mass is 19.1. The van der Waals surface area contributed by atoms with Crippen LogP contribution in [0.15, 0.2) is 42.5 Å². The van der Waals surface area contributed by atoms with Crippen molar-refractivity contribution in [3.8, 4) is 11.1 Å². The quantitative estimate of drug-likeness (QED) is 0.468. The van der Waals surface area contributed by atoms with Gasteiger partial charge in [-0.05, 0) is 66.2 Å². The fourth-order valence-corrected chi connectivity index (χ4v) is 4.83. The normalized spacial score (nSPS) is 21.2. The number of hydrogen-bond acceptors (Lipinski definition) is 0. The molecule has 0 N–H and O–H groups in total. The average Bonchev–Trinajstić information content (AvgIpc) is 2.69. The van der Waals surface area contributed by atoms with Gasteiger partial charge in [0.05, 0.1) is 0 Å². The zero-order chi connectivity index (χ0) is 19.2. The third-order valence-electron chi connectivity index (χ3n) is 6.66. The molecule has 0 nitrogen and oxygen atoms in total. The molecular weight excluding hydrogens is 331 g/mol. The Labute approximate surface area is 165 Å². The molecule has 0 aliphatic heterocycles. The summed E-state index contributed by atoms with van der Waals surface area (Å²) in [5.74, 6) is 2.31. The molecular formula is C26H35F. The molecule has 0 bridgehead atoms. The third kappa shape index (κ3) is 5.21. The lowest BCUT2D eigenvalue weighted by Gasteiger charge is -2.32. The van der Waals surface area contributed by atoms with Gasteiger partial charge in [-0.2, -0.15) is 0 Å². The molecule has 146 valence electrons. The first-order chi connectivity index (χ1) is 13.1. The highest BCUT2D eigenvalue weighted by Gasteiger charge is 2.25. The van der Waals surface area contributed by atoms with Crippen LogP contribution in [0.3, 0.4) is 0 Å². The Bertz CT molecular complexity index is 707. The van der Waals surface area contributed by atoms with Crippen LogP contribution in [-0.4, -0.2) is 0 Å². The molecule has 1 unspecified atom stereocenters. The molecule has 0 spiro atoms. The first-order valence-corrected chi connectivity index (χ1v) is 11.0. The fraction of sp³-hybridized carbons (Fsp3) is 0.538. The zero-order valence-corrected chi connectivity index (χ0v) is 17.3. The number of benzene rings is 2. The summed E-state index contributed by atoms with van der Waals surface area (Å²) in [4.78, 5) is 0. The molecule has 0 aromatic heterocycles. The predicted octanol–water partition coefficient (Wildman–Crippen LogP) is 7.84. The fourth-order valence-electron chi connectivity index (χ4n) is 4.83. The molecule has 1 aliphatic rings.